The summed E-state index contributed by atoms with van der Waals surface area (Å²) >= 11 is 0. The Hall–Kier alpha value is -0.690. The van der Waals surface area contributed by atoms with Crippen LogP contribution in [0.2, 0.25) is 0 Å². The first kappa shape index (κ1) is 55.3. The summed E-state index contributed by atoms with van der Waals surface area (Å²) in [6, 6.07) is -0.977. The normalized spacial score (nSPS) is 13.9. The van der Waals surface area contributed by atoms with E-state index >= 15 is 0 Å². The van der Waals surface area contributed by atoms with Crippen LogP contribution in [0.25, 0.3) is 0 Å². The second-order valence-electron chi connectivity index (χ2n) is 17.9. The van der Waals surface area contributed by atoms with Gasteiger partial charge in [-0.1, -0.05) is 271 Å². The van der Waals surface area contributed by atoms with Gasteiger partial charge in [-0.05, 0) is 12.8 Å². The zero-order valence-corrected chi connectivity index (χ0v) is 37.9. The fraction of sp³-hybridized carbons (Fsp3) is 0.980. The molecule has 0 fully saturated rings. The molecule has 0 bridgehead atoms. The Labute approximate surface area is 350 Å². The van der Waals surface area contributed by atoms with Crippen LogP contribution in [0.4, 0.5) is 0 Å². The number of hydrogen-bond donors (Lipinski definition) is 5. The third-order valence-corrected chi connectivity index (χ3v) is 12.3. The van der Waals surface area contributed by atoms with Gasteiger partial charge in [0.2, 0.25) is 5.91 Å². The van der Waals surface area contributed by atoms with E-state index in [0.29, 0.717) is 12.8 Å². The average molecular weight is 796 g/mol. The Bertz CT molecular complexity index is 766. The van der Waals surface area contributed by atoms with E-state index in [0.717, 1.165) is 38.5 Å². The highest BCUT2D eigenvalue weighted by Crippen LogP contribution is 2.18. The number of unbranched alkanes of at least 4 members (excludes halogenated alkanes) is 38. The first-order valence-electron chi connectivity index (χ1n) is 25.4. The number of aliphatic hydroxyl groups excluding tert-OH is 4. The number of nitrogens with one attached hydrogen (secondary N) is 1. The summed E-state index contributed by atoms with van der Waals surface area (Å²) in [5.41, 5.74) is 0. The molecule has 0 aliphatic rings. The van der Waals surface area contributed by atoms with E-state index in [2.05, 4.69) is 19.2 Å². The molecule has 0 aliphatic heterocycles. The molecular weight excluding hydrogens is 695 g/mol. The SMILES string of the molecule is CCCCCCCCCCCCCCCCCCCCCCCCCCCCCCCCCCC(O)C(=O)NC(CO)C(O)C(O)CCCCCCCCCC. The molecule has 0 heterocycles. The van der Waals surface area contributed by atoms with Gasteiger partial charge in [-0.2, -0.15) is 0 Å². The third-order valence-electron chi connectivity index (χ3n) is 12.3. The maximum Gasteiger partial charge on any atom is 0.249 e. The molecule has 4 atom stereocenters. The lowest BCUT2D eigenvalue weighted by Gasteiger charge is -2.27. The minimum absolute atomic E-state index is 0.375. The molecule has 0 saturated heterocycles. The lowest BCUT2D eigenvalue weighted by atomic mass is 9.99. The van der Waals surface area contributed by atoms with Gasteiger partial charge < -0.3 is 25.7 Å². The number of carbonyl (C=O) groups excluding carboxylic acids is 1. The molecule has 0 spiro atoms. The van der Waals surface area contributed by atoms with E-state index in [4.69, 9.17) is 0 Å². The van der Waals surface area contributed by atoms with E-state index in [9.17, 15) is 25.2 Å². The maximum atomic E-state index is 12.5. The smallest absolute Gasteiger partial charge is 0.249 e. The summed E-state index contributed by atoms with van der Waals surface area (Å²) in [7, 11) is 0. The summed E-state index contributed by atoms with van der Waals surface area (Å²) in [5.74, 6) is -0.580. The van der Waals surface area contributed by atoms with Crippen molar-refractivity contribution in [3.8, 4) is 0 Å². The molecule has 336 valence electrons. The lowest BCUT2D eigenvalue weighted by Crippen LogP contribution is -2.53. The summed E-state index contributed by atoms with van der Waals surface area (Å²) in [4.78, 5) is 12.5. The van der Waals surface area contributed by atoms with Crippen molar-refractivity contribution in [1.82, 2.24) is 5.32 Å². The minimum atomic E-state index is -1.25. The monoisotopic (exact) mass is 796 g/mol. The standard InChI is InChI=1S/C50H101NO5/c1-3-5-7-9-11-13-14-15-16-17-18-19-20-21-22-23-24-25-26-27-28-29-30-31-32-33-34-35-36-38-40-42-44-48(54)50(56)51-46(45-52)49(55)47(53)43-41-39-37-12-10-8-6-4-2/h46-49,52-55H,3-45H2,1-2H3,(H,51,56). The van der Waals surface area contributed by atoms with Gasteiger partial charge in [0.1, 0.15) is 12.2 Å². The molecule has 6 heteroatoms. The first-order valence-corrected chi connectivity index (χ1v) is 25.4. The average Bonchev–Trinajstić information content (AvgIpc) is 3.20. The van der Waals surface area contributed by atoms with Crippen LogP contribution in [0.15, 0.2) is 0 Å². The number of carbonyl (C=O) groups is 1. The van der Waals surface area contributed by atoms with Gasteiger partial charge in [0, 0.05) is 0 Å². The fourth-order valence-electron chi connectivity index (χ4n) is 8.29. The second-order valence-corrected chi connectivity index (χ2v) is 17.9. The van der Waals surface area contributed by atoms with Crippen molar-refractivity contribution in [1.29, 1.82) is 0 Å². The highest BCUT2D eigenvalue weighted by Gasteiger charge is 2.28. The fourth-order valence-corrected chi connectivity index (χ4v) is 8.29. The Morgan fingerprint density at radius 2 is 0.607 bits per heavy atom. The van der Waals surface area contributed by atoms with E-state index in [-0.39, 0.29) is 0 Å². The summed E-state index contributed by atoms with van der Waals surface area (Å²) < 4.78 is 0. The molecule has 0 radical (unpaired) electrons. The van der Waals surface area contributed by atoms with E-state index in [1.807, 2.05) is 0 Å². The highest BCUT2D eigenvalue weighted by atomic mass is 16.3. The van der Waals surface area contributed by atoms with Crippen LogP contribution in [0.5, 0.6) is 0 Å². The molecule has 0 aromatic carbocycles. The van der Waals surface area contributed by atoms with Crippen LogP contribution in [0.1, 0.15) is 284 Å². The highest BCUT2D eigenvalue weighted by molar-refractivity contribution is 5.80. The summed E-state index contributed by atoms with van der Waals surface area (Å²) in [6.07, 6.45) is 50.5. The van der Waals surface area contributed by atoms with Crippen molar-refractivity contribution >= 4 is 5.91 Å². The van der Waals surface area contributed by atoms with Crippen molar-refractivity contribution in [2.75, 3.05) is 6.61 Å². The van der Waals surface area contributed by atoms with Crippen molar-refractivity contribution in [3.05, 3.63) is 0 Å². The van der Waals surface area contributed by atoms with Crippen molar-refractivity contribution < 1.29 is 25.2 Å². The third kappa shape index (κ3) is 38.8. The van der Waals surface area contributed by atoms with Crippen molar-refractivity contribution in [3.63, 3.8) is 0 Å². The topological polar surface area (TPSA) is 110 Å². The molecular formula is C50H101NO5. The van der Waals surface area contributed by atoms with Crippen LogP contribution >= 0.6 is 0 Å². The van der Waals surface area contributed by atoms with Gasteiger partial charge >= 0.3 is 0 Å². The summed E-state index contributed by atoms with van der Waals surface area (Å²) in [5, 5.41) is 43.5. The number of aliphatic hydroxyl groups is 4. The van der Waals surface area contributed by atoms with Crippen molar-refractivity contribution in [2.24, 2.45) is 0 Å². The second kappa shape index (κ2) is 45.4. The van der Waals surface area contributed by atoms with Gasteiger partial charge in [-0.3, -0.25) is 4.79 Å². The Balaban J connectivity index is 3.46. The van der Waals surface area contributed by atoms with Crippen LogP contribution in [-0.2, 0) is 4.79 Å². The van der Waals surface area contributed by atoms with Gasteiger partial charge in [0.05, 0.1) is 18.8 Å². The molecule has 0 aromatic heterocycles. The molecule has 4 unspecified atom stereocenters. The Kier molecular flexibility index (Phi) is 44.8. The minimum Gasteiger partial charge on any atom is -0.394 e. The first-order chi connectivity index (χ1) is 27.5. The summed E-state index contributed by atoms with van der Waals surface area (Å²) in [6.45, 7) is 4.03. The van der Waals surface area contributed by atoms with Gasteiger partial charge in [0.15, 0.2) is 0 Å². The van der Waals surface area contributed by atoms with Crippen molar-refractivity contribution in [2.45, 2.75) is 308 Å². The van der Waals surface area contributed by atoms with Crippen LogP contribution in [-0.4, -0.2) is 57.3 Å². The van der Waals surface area contributed by atoms with E-state index < -0.39 is 36.9 Å². The van der Waals surface area contributed by atoms with Gasteiger partial charge in [-0.25, -0.2) is 0 Å². The van der Waals surface area contributed by atoms with Crippen LogP contribution in [0, 0.1) is 0 Å². The quantitative estimate of drug-likeness (QED) is 0.0394. The number of rotatable bonds is 47. The molecule has 0 aromatic rings. The van der Waals surface area contributed by atoms with Gasteiger partial charge in [-0.15, -0.1) is 0 Å². The molecule has 1 amide bonds. The molecule has 5 N–H and O–H groups in total. The molecule has 0 saturated carbocycles. The van der Waals surface area contributed by atoms with E-state index in [1.54, 1.807) is 0 Å². The Morgan fingerprint density at radius 3 is 0.857 bits per heavy atom. The largest absolute Gasteiger partial charge is 0.394 e. The van der Waals surface area contributed by atoms with Crippen LogP contribution in [0.3, 0.4) is 0 Å². The molecule has 6 nitrogen and oxygen atoms in total. The molecule has 56 heavy (non-hydrogen) atoms. The zero-order valence-electron chi connectivity index (χ0n) is 37.9. The number of hydrogen-bond acceptors (Lipinski definition) is 5. The molecule has 0 rings (SSSR count). The predicted molar refractivity (Wildman–Crippen MR) is 242 cm³/mol. The van der Waals surface area contributed by atoms with E-state index in [1.165, 1.54) is 218 Å². The lowest BCUT2D eigenvalue weighted by molar-refractivity contribution is -0.132. The van der Waals surface area contributed by atoms with Crippen LogP contribution < -0.4 is 5.32 Å². The molecule has 0 aliphatic carbocycles. The Morgan fingerprint density at radius 1 is 0.375 bits per heavy atom. The van der Waals surface area contributed by atoms with Gasteiger partial charge in [0.25, 0.3) is 0 Å². The number of amides is 1. The predicted octanol–water partition coefficient (Wildman–Crippen LogP) is 14.0. The zero-order chi connectivity index (χ0) is 41.0. The maximum absolute atomic E-state index is 12.5.